The molecule has 13 heavy (non-hydrogen) atoms. The van der Waals surface area contributed by atoms with Gasteiger partial charge in [-0.1, -0.05) is 20.8 Å². The molecule has 0 aromatic carbocycles. The maximum absolute atomic E-state index is 11.5. The first kappa shape index (κ1) is 12.9. The largest absolute Gasteiger partial charge is 0.313 e. The van der Waals surface area contributed by atoms with Crippen LogP contribution in [0.4, 0.5) is 0 Å². The Bertz CT molecular complexity index is 222. The van der Waals surface area contributed by atoms with E-state index >= 15 is 0 Å². The number of nitrogens with one attached hydrogen (secondary N) is 1. The third-order valence-electron chi connectivity index (χ3n) is 1.92. The predicted molar refractivity (Wildman–Crippen MR) is 56.7 cm³/mol. The van der Waals surface area contributed by atoms with E-state index in [4.69, 9.17) is 0 Å². The first-order valence-corrected chi connectivity index (χ1v) is 6.56. The summed E-state index contributed by atoms with van der Waals surface area (Å²) in [7, 11) is -2.87. The zero-order valence-corrected chi connectivity index (χ0v) is 9.82. The van der Waals surface area contributed by atoms with Gasteiger partial charge in [0.05, 0.1) is 11.0 Å². The fourth-order valence-electron chi connectivity index (χ4n) is 1.01. The predicted octanol–water partition coefficient (Wildman–Crippen LogP) is 1.20. The molecule has 0 bridgehead atoms. The van der Waals surface area contributed by atoms with Crippen LogP contribution in [0.2, 0.25) is 0 Å². The fourth-order valence-corrected chi connectivity index (χ4v) is 2.34. The number of hydrogen-bond donors (Lipinski definition) is 1. The average molecular weight is 207 g/mol. The Hall–Kier alpha value is -0.0900. The Morgan fingerprint density at radius 2 is 1.77 bits per heavy atom. The molecule has 0 rings (SSSR count). The van der Waals surface area contributed by atoms with Gasteiger partial charge in [0.25, 0.3) is 0 Å². The van der Waals surface area contributed by atoms with Crippen molar-refractivity contribution in [2.75, 3.05) is 12.3 Å². The summed E-state index contributed by atoms with van der Waals surface area (Å²) in [5.74, 6) is 0.300. The average Bonchev–Trinajstić information content (AvgIpc) is 1.99. The Morgan fingerprint density at radius 1 is 1.23 bits per heavy atom. The van der Waals surface area contributed by atoms with E-state index in [2.05, 4.69) is 5.32 Å². The van der Waals surface area contributed by atoms with E-state index in [0.29, 0.717) is 24.8 Å². The van der Waals surface area contributed by atoms with Gasteiger partial charge in [0.2, 0.25) is 0 Å². The molecule has 0 fully saturated rings. The molecule has 0 heterocycles. The Kier molecular flexibility index (Phi) is 5.56. The standard InChI is InChI=1S/C9H21NO2S/c1-5-6-13(11,12)9(4)7-10-8(2)3/h8-10H,5-7H2,1-4H3. The topological polar surface area (TPSA) is 46.2 Å². The first-order chi connectivity index (χ1) is 5.90. The van der Waals surface area contributed by atoms with E-state index in [-0.39, 0.29) is 5.25 Å². The third-order valence-corrected chi connectivity index (χ3v) is 4.29. The summed E-state index contributed by atoms with van der Waals surface area (Å²) < 4.78 is 23.0. The van der Waals surface area contributed by atoms with Crippen molar-refractivity contribution in [1.29, 1.82) is 0 Å². The van der Waals surface area contributed by atoms with Crippen LogP contribution in [-0.2, 0) is 9.84 Å². The smallest absolute Gasteiger partial charge is 0.154 e. The monoisotopic (exact) mass is 207 g/mol. The SMILES string of the molecule is CCCS(=O)(=O)C(C)CNC(C)C. The number of sulfone groups is 1. The quantitative estimate of drug-likeness (QED) is 0.712. The second kappa shape index (κ2) is 5.60. The van der Waals surface area contributed by atoms with Crippen molar-refractivity contribution in [3.05, 3.63) is 0 Å². The number of hydrogen-bond acceptors (Lipinski definition) is 3. The summed E-state index contributed by atoms with van der Waals surface area (Å²) in [4.78, 5) is 0. The molecule has 1 atom stereocenters. The zero-order chi connectivity index (χ0) is 10.5. The molecule has 0 spiro atoms. The fraction of sp³-hybridized carbons (Fsp3) is 1.00. The minimum Gasteiger partial charge on any atom is -0.313 e. The van der Waals surface area contributed by atoms with Crippen molar-refractivity contribution < 1.29 is 8.42 Å². The Labute approximate surface area is 81.8 Å². The molecule has 0 saturated carbocycles. The van der Waals surface area contributed by atoms with Crippen LogP contribution in [0.3, 0.4) is 0 Å². The van der Waals surface area contributed by atoms with E-state index in [1.165, 1.54) is 0 Å². The van der Waals surface area contributed by atoms with Gasteiger partial charge < -0.3 is 5.32 Å². The second-order valence-corrected chi connectivity index (χ2v) is 6.28. The van der Waals surface area contributed by atoms with Gasteiger partial charge in [-0.05, 0) is 13.3 Å². The van der Waals surface area contributed by atoms with E-state index < -0.39 is 9.84 Å². The number of rotatable bonds is 6. The lowest BCUT2D eigenvalue weighted by Gasteiger charge is -2.14. The minimum atomic E-state index is -2.87. The van der Waals surface area contributed by atoms with Crippen LogP contribution in [-0.4, -0.2) is 32.0 Å². The van der Waals surface area contributed by atoms with Gasteiger partial charge in [-0.15, -0.1) is 0 Å². The van der Waals surface area contributed by atoms with Gasteiger partial charge in [0.1, 0.15) is 0 Å². The molecule has 4 heteroatoms. The normalized spacial score (nSPS) is 14.8. The molecule has 0 saturated heterocycles. The highest BCUT2D eigenvalue weighted by Crippen LogP contribution is 2.02. The zero-order valence-electron chi connectivity index (χ0n) is 9.00. The van der Waals surface area contributed by atoms with Gasteiger partial charge in [-0.2, -0.15) is 0 Å². The van der Waals surface area contributed by atoms with Crippen LogP contribution in [0.15, 0.2) is 0 Å². The summed E-state index contributed by atoms with van der Waals surface area (Å²) >= 11 is 0. The highest BCUT2D eigenvalue weighted by atomic mass is 32.2. The first-order valence-electron chi connectivity index (χ1n) is 4.85. The highest BCUT2D eigenvalue weighted by molar-refractivity contribution is 7.92. The van der Waals surface area contributed by atoms with Gasteiger partial charge in [-0.25, -0.2) is 8.42 Å². The van der Waals surface area contributed by atoms with Gasteiger partial charge in [0, 0.05) is 12.6 Å². The maximum Gasteiger partial charge on any atom is 0.154 e. The van der Waals surface area contributed by atoms with Crippen LogP contribution in [0, 0.1) is 0 Å². The molecule has 0 radical (unpaired) electrons. The third kappa shape index (κ3) is 5.26. The van der Waals surface area contributed by atoms with Crippen molar-refractivity contribution in [3.8, 4) is 0 Å². The minimum absolute atomic E-state index is 0.269. The van der Waals surface area contributed by atoms with E-state index in [9.17, 15) is 8.42 Å². The lowest BCUT2D eigenvalue weighted by atomic mass is 10.3. The summed E-state index contributed by atoms with van der Waals surface area (Å²) in [6.07, 6.45) is 0.703. The van der Waals surface area contributed by atoms with Crippen molar-refractivity contribution in [3.63, 3.8) is 0 Å². The molecule has 80 valence electrons. The van der Waals surface area contributed by atoms with Crippen molar-refractivity contribution in [1.82, 2.24) is 5.32 Å². The highest BCUT2D eigenvalue weighted by Gasteiger charge is 2.19. The summed E-state index contributed by atoms with van der Waals surface area (Å²) in [6.45, 7) is 8.23. The summed E-state index contributed by atoms with van der Waals surface area (Å²) in [5, 5.41) is 2.86. The molecule has 0 aromatic rings. The molecule has 1 N–H and O–H groups in total. The lowest BCUT2D eigenvalue weighted by molar-refractivity contribution is 0.549. The van der Waals surface area contributed by atoms with Gasteiger partial charge in [0.15, 0.2) is 9.84 Å². The van der Waals surface area contributed by atoms with Crippen molar-refractivity contribution in [2.24, 2.45) is 0 Å². The molecule has 0 aromatic heterocycles. The van der Waals surface area contributed by atoms with Gasteiger partial charge >= 0.3 is 0 Å². The van der Waals surface area contributed by atoms with Crippen molar-refractivity contribution in [2.45, 2.75) is 45.4 Å². The molecule has 0 aliphatic carbocycles. The molecule has 1 unspecified atom stereocenters. The maximum atomic E-state index is 11.5. The molecule has 3 nitrogen and oxygen atoms in total. The molecular weight excluding hydrogens is 186 g/mol. The van der Waals surface area contributed by atoms with Crippen molar-refractivity contribution >= 4 is 9.84 Å². The molecule has 0 aliphatic heterocycles. The second-order valence-electron chi connectivity index (χ2n) is 3.74. The van der Waals surface area contributed by atoms with E-state index in [1.54, 1.807) is 6.92 Å². The molecule has 0 aliphatic rings. The van der Waals surface area contributed by atoms with Crippen LogP contribution in [0.25, 0.3) is 0 Å². The van der Waals surface area contributed by atoms with Crippen LogP contribution in [0.1, 0.15) is 34.1 Å². The molecule has 0 amide bonds. The Balaban J connectivity index is 4.02. The van der Waals surface area contributed by atoms with E-state index in [1.807, 2.05) is 20.8 Å². The summed E-state index contributed by atoms with van der Waals surface area (Å²) in [5.41, 5.74) is 0. The van der Waals surface area contributed by atoms with Gasteiger partial charge in [-0.3, -0.25) is 0 Å². The lowest BCUT2D eigenvalue weighted by Crippen LogP contribution is -2.35. The van der Waals surface area contributed by atoms with Crippen LogP contribution >= 0.6 is 0 Å². The molecular formula is C9H21NO2S. The van der Waals surface area contributed by atoms with Crippen LogP contribution in [0.5, 0.6) is 0 Å². The van der Waals surface area contributed by atoms with Crippen LogP contribution < -0.4 is 5.32 Å². The summed E-state index contributed by atoms with van der Waals surface area (Å²) in [6, 6.07) is 0.347. The van der Waals surface area contributed by atoms with E-state index in [0.717, 1.165) is 0 Å². The Morgan fingerprint density at radius 3 is 2.15 bits per heavy atom.